The lowest BCUT2D eigenvalue weighted by Gasteiger charge is -2.00. The number of rotatable bonds is 3. The lowest BCUT2D eigenvalue weighted by Crippen LogP contribution is -2.03. The number of hydrogen-bond acceptors (Lipinski definition) is 5. The molecule has 0 bridgehead atoms. The van der Waals surface area contributed by atoms with Crippen LogP contribution in [-0.4, -0.2) is 31.1 Å². The van der Waals surface area contributed by atoms with Crippen molar-refractivity contribution in [2.24, 2.45) is 0 Å². The van der Waals surface area contributed by atoms with Crippen LogP contribution in [0.4, 0.5) is 0 Å². The first-order chi connectivity index (χ1) is 8.74. The summed E-state index contributed by atoms with van der Waals surface area (Å²) in [6, 6.07) is 4.75. The third-order valence-corrected chi connectivity index (χ3v) is 3.19. The lowest BCUT2D eigenvalue weighted by molar-refractivity contribution is 0.0697. The van der Waals surface area contributed by atoms with E-state index in [2.05, 4.69) is 15.3 Å². The largest absolute Gasteiger partial charge is 0.478 e. The zero-order valence-electron chi connectivity index (χ0n) is 9.15. The van der Waals surface area contributed by atoms with Gasteiger partial charge in [-0.3, -0.25) is 0 Å². The number of carboxylic acids is 1. The van der Waals surface area contributed by atoms with Gasteiger partial charge in [0.15, 0.2) is 0 Å². The Morgan fingerprint density at radius 2 is 2.33 bits per heavy atom. The maximum atomic E-state index is 10.9. The fourth-order valence-electron chi connectivity index (χ4n) is 1.68. The Morgan fingerprint density at radius 1 is 1.44 bits per heavy atom. The molecule has 90 valence electrons. The molecule has 0 fully saturated rings. The van der Waals surface area contributed by atoms with E-state index >= 15 is 0 Å². The summed E-state index contributed by atoms with van der Waals surface area (Å²) < 4.78 is 1.65. The normalized spacial score (nSPS) is 10.9. The number of fused-ring (bicyclic) bond motifs is 1. The molecule has 7 heteroatoms. The van der Waals surface area contributed by atoms with Gasteiger partial charge in [-0.15, -0.1) is 16.4 Å². The molecule has 0 saturated heterocycles. The maximum Gasteiger partial charge on any atom is 0.335 e. The summed E-state index contributed by atoms with van der Waals surface area (Å²) in [6.07, 6.45) is 0. The average Bonchev–Trinajstić information content (AvgIpc) is 2.99. The van der Waals surface area contributed by atoms with Crippen LogP contribution in [0.15, 0.2) is 29.1 Å². The summed E-state index contributed by atoms with van der Waals surface area (Å²) in [6.45, 7) is 0.489. The second-order valence-corrected chi connectivity index (χ2v) is 4.45. The number of hydrogen-bond donors (Lipinski definition) is 1. The average molecular weight is 260 g/mol. The molecule has 1 aromatic carbocycles. The molecule has 2 heterocycles. The van der Waals surface area contributed by atoms with Gasteiger partial charge in [-0.1, -0.05) is 5.21 Å². The fourth-order valence-corrected chi connectivity index (χ4v) is 2.23. The Bertz CT molecular complexity index is 705. The number of carboxylic acid groups (broad SMARTS) is 1. The Kier molecular flexibility index (Phi) is 2.52. The monoisotopic (exact) mass is 260 g/mol. The first kappa shape index (κ1) is 10.8. The van der Waals surface area contributed by atoms with Crippen LogP contribution in [0.3, 0.4) is 0 Å². The van der Waals surface area contributed by atoms with Crippen LogP contribution in [0.2, 0.25) is 0 Å². The lowest BCUT2D eigenvalue weighted by atomic mass is 10.2. The second-order valence-electron chi connectivity index (χ2n) is 3.74. The smallest absolute Gasteiger partial charge is 0.335 e. The second kappa shape index (κ2) is 4.19. The number of benzene rings is 1. The predicted molar refractivity (Wildman–Crippen MR) is 65.7 cm³/mol. The minimum Gasteiger partial charge on any atom is -0.478 e. The Balaban J connectivity index is 2.06. The van der Waals surface area contributed by atoms with Gasteiger partial charge in [0.1, 0.15) is 5.52 Å². The minimum atomic E-state index is -0.960. The Morgan fingerprint density at radius 3 is 3.06 bits per heavy atom. The minimum absolute atomic E-state index is 0.226. The number of carbonyl (C=O) groups is 1. The van der Waals surface area contributed by atoms with Crippen LogP contribution in [0.1, 0.15) is 16.1 Å². The zero-order valence-corrected chi connectivity index (χ0v) is 9.96. The van der Waals surface area contributed by atoms with Gasteiger partial charge in [0, 0.05) is 5.38 Å². The maximum absolute atomic E-state index is 10.9. The van der Waals surface area contributed by atoms with Gasteiger partial charge in [-0.2, -0.15) is 0 Å². The molecule has 0 aliphatic rings. The summed E-state index contributed by atoms with van der Waals surface area (Å²) >= 11 is 1.51. The summed E-state index contributed by atoms with van der Waals surface area (Å²) in [5, 5.41) is 18.9. The van der Waals surface area contributed by atoms with Crippen molar-refractivity contribution in [2.75, 3.05) is 0 Å². The van der Waals surface area contributed by atoms with E-state index in [0.29, 0.717) is 17.6 Å². The molecular weight excluding hydrogens is 252 g/mol. The highest BCUT2D eigenvalue weighted by Gasteiger charge is 2.10. The first-order valence-corrected chi connectivity index (χ1v) is 6.12. The molecule has 0 amide bonds. The predicted octanol–water partition coefficient (Wildman–Crippen LogP) is 1.63. The molecule has 0 spiro atoms. The van der Waals surface area contributed by atoms with Gasteiger partial charge in [0.2, 0.25) is 0 Å². The van der Waals surface area contributed by atoms with Gasteiger partial charge in [0.25, 0.3) is 0 Å². The number of aromatic nitrogens is 4. The highest BCUT2D eigenvalue weighted by Crippen LogP contribution is 2.15. The van der Waals surface area contributed by atoms with Gasteiger partial charge in [-0.05, 0) is 18.2 Å². The molecule has 3 rings (SSSR count). The molecule has 0 aliphatic heterocycles. The molecule has 0 radical (unpaired) electrons. The molecule has 0 atom stereocenters. The molecule has 18 heavy (non-hydrogen) atoms. The van der Waals surface area contributed by atoms with Crippen LogP contribution in [0.5, 0.6) is 0 Å². The summed E-state index contributed by atoms with van der Waals surface area (Å²) in [5.74, 6) is -0.960. The van der Waals surface area contributed by atoms with Crippen molar-refractivity contribution in [3.05, 3.63) is 40.3 Å². The van der Waals surface area contributed by atoms with Crippen molar-refractivity contribution in [1.82, 2.24) is 20.0 Å². The van der Waals surface area contributed by atoms with Crippen LogP contribution < -0.4 is 0 Å². The standard InChI is InChI=1S/C11H8N4O2S/c16-11(17)7-1-2-9-10(3-7)15(14-13-9)4-8-5-18-6-12-8/h1-3,5-6H,4H2,(H,16,17). The van der Waals surface area contributed by atoms with E-state index in [1.165, 1.54) is 17.4 Å². The topological polar surface area (TPSA) is 80.9 Å². The van der Waals surface area contributed by atoms with Gasteiger partial charge < -0.3 is 5.11 Å². The van der Waals surface area contributed by atoms with Crippen LogP contribution in [0, 0.1) is 0 Å². The summed E-state index contributed by atoms with van der Waals surface area (Å²) in [7, 11) is 0. The highest BCUT2D eigenvalue weighted by atomic mass is 32.1. The number of nitrogens with zero attached hydrogens (tertiary/aromatic N) is 4. The molecule has 0 saturated carbocycles. The van der Waals surface area contributed by atoms with Crippen molar-refractivity contribution in [3.63, 3.8) is 0 Å². The Labute approximate surface area is 106 Å². The molecule has 0 aliphatic carbocycles. The van der Waals surface area contributed by atoms with E-state index in [4.69, 9.17) is 5.11 Å². The van der Waals surface area contributed by atoms with Crippen molar-refractivity contribution < 1.29 is 9.90 Å². The molecule has 6 nitrogen and oxygen atoms in total. The van der Waals surface area contributed by atoms with Gasteiger partial charge in [0.05, 0.1) is 28.8 Å². The fraction of sp³-hybridized carbons (Fsp3) is 0.0909. The van der Waals surface area contributed by atoms with E-state index < -0.39 is 5.97 Å². The first-order valence-electron chi connectivity index (χ1n) is 5.17. The quantitative estimate of drug-likeness (QED) is 0.774. The molecule has 0 unspecified atom stereocenters. The van der Waals surface area contributed by atoms with Crippen molar-refractivity contribution in [2.45, 2.75) is 6.54 Å². The van der Waals surface area contributed by atoms with Crippen molar-refractivity contribution >= 4 is 28.3 Å². The third-order valence-electron chi connectivity index (χ3n) is 2.56. The summed E-state index contributed by atoms with van der Waals surface area (Å²) in [5.41, 5.74) is 4.23. The highest BCUT2D eigenvalue weighted by molar-refractivity contribution is 7.07. The van der Waals surface area contributed by atoms with Crippen LogP contribution in [-0.2, 0) is 6.54 Å². The van der Waals surface area contributed by atoms with Gasteiger partial charge in [-0.25, -0.2) is 14.5 Å². The third kappa shape index (κ3) is 1.84. The van der Waals surface area contributed by atoms with Crippen LogP contribution >= 0.6 is 11.3 Å². The molecule has 2 aromatic heterocycles. The van der Waals surface area contributed by atoms with Gasteiger partial charge >= 0.3 is 5.97 Å². The van der Waals surface area contributed by atoms with Crippen molar-refractivity contribution in [3.8, 4) is 0 Å². The zero-order chi connectivity index (χ0) is 12.5. The number of aromatic carboxylic acids is 1. The van der Waals surface area contributed by atoms with E-state index in [9.17, 15) is 4.79 Å². The SMILES string of the molecule is O=C(O)c1ccc2nnn(Cc3cscn3)c2c1. The Hall–Kier alpha value is -2.28. The molecular formula is C11H8N4O2S. The van der Waals surface area contributed by atoms with E-state index in [-0.39, 0.29) is 5.56 Å². The van der Waals surface area contributed by atoms with E-state index in [1.54, 1.807) is 22.3 Å². The van der Waals surface area contributed by atoms with Crippen LogP contribution in [0.25, 0.3) is 11.0 Å². The van der Waals surface area contributed by atoms with E-state index in [1.807, 2.05) is 5.38 Å². The summed E-state index contributed by atoms with van der Waals surface area (Å²) in [4.78, 5) is 15.1. The molecule has 1 N–H and O–H groups in total. The number of thiazole rings is 1. The van der Waals surface area contributed by atoms with E-state index in [0.717, 1.165) is 5.69 Å². The molecule has 3 aromatic rings. The van der Waals surface area contributed by atoms with Crippen molar-refractivity contribution in [1.29, 1.82) is 0 Å².